The third-order valence-electron chi connectivity index (χ3n) is 5.09. The zero-order chi connectivity index (χ0) is 19.3. The maximum absolute atomic E-state index is 12.5. The Bertz CT molecular complexity index is 606. The summed E-state index contributed by atoms with van der Waals surface area (Å²) < 4.78 is 0. The molecule has 5 nitrogen and oxygen atoms in total. The molecule has 1 heterocycles. The van der Waals surface area contributed by atoms with E-state index in [1.165, 1.54) is 16.8 Å². The lowest BCUT2D eigenvalue weighted by molar-refractivity contribution is -0.138. The third-order valence-corrected chi connectivity index (χ3v) is 5.09. The molecule has 144 valence electrons. The first kappa shape index (κ1) is 20.3. The standard InChI is InChI=1S/C21H33N3O2/c1-15(2)18-7-6-8-19(16(3)4)21(18)22-10-9-20(26)24-13-11-23(12-14-24)17(5)25/h6-8,15-16,22H,9-14H2,1-5H3. The normalized spacial score (nSPS) is 14.9. The van der Waals surface area contributed by atoms with E-state index in [0.29, 0.717) is 51.0 Å². The van der Waals surface area contributed by atoms with Crippen LogP contribution in [0.1, 0.15) is 64.0 Å². The van der Waals surface area contributed by atoms with Crippen molar-refractivity contribution in [3.05, 3.63) is 29.3 Å². The Balaban J connectivity index is 1.93. The van der Waals surface area contributed by atoms with Crippen LogP contribution in [0.4, 0.5) is 5.69 Å². The number of piperazine rings is 1. The smallest absolute Gasteiger partial charge is 0.224 e. The van der Waals surface area contributed by atoms with Gasteiger partial charge in [-0.05, 0) is 23.0 Å². The van der Waals surface area contributed by atoms with E-state index < -0.39 is 0 Å². The quantitative estimate of drug-likeness (QED) is 0.847. The number of rotatable bonds is 6. The van der Waals surface area contributed by atoms with E-state index >= 15 is 0 Å². The highest BCUT2D eigenvalue weighted by Crippen LogP contribution is 2.32. The molecule has 1 aromatic rings. The summed E-state index contributed by atoms with van der Waals surface area (Å²) in [4.78, 5) is 27.6. The van der Waals surface area contributed by atoms with Crippen LogP contribution < -0.4 is 5.32 Å². The summed E-state index contributed by atoms with van der Waals surface area (Å²) >= 11 is 0. The van der Waals surface area contributed by atoms with Crippen molar-refractivity contribution in [3.63, 3.8) is 0 Å². The molecule has 1 aliphatic rings. The molecule has 5 heteroatoms. The second kappa shape index (κ2) is 9.06. The molecule has 2 rings (SSSR count). The summed E-state index contributed by atoms with van der Waals surface area (Å²) in [7, 11) is 0. The van der Waals surface area contributed by atoms with Crippen LogP contribution in [0.5, 0.6) is 0 Å². The van der Waals surface area contributed by atoms with Crippen molar-refractivity contribution in [3.8, 4) is 0 Å². The maximum Gasteiger partial charge on any atom is 0.224 e. The second-order valence-corrected chi connectivity index (χ2v) is 7.68. The molecule has 1 aliphatic heterocycles. The van der Waals surface area contributed by atoms with Gasteiger partial charge in [-0.25, -0.2) is 0 Å². The van der Waals surface area contributed by atoms with Crippen LogP contribution in [0.2, 0.25) is 0 Å². The summed E-state index contributed by atoms with van der Waals surface area (Å²) in [5.74, 6) is 1.12. The summed E-state index contributed by atoms with van der Waals surface area (Å²) in [6.07, 6.45) is 0.476. The molecule has 0 saturated carbocycles. The number of nitrogens with one attached hydrogen (secondary N) is 1. The molecule has 0 spiro atoms. The number of hydrogen-bond acceptors (Lipinski definition) is 3. The van der Waals surface area contributed by atoms with Crippen LogP contribution in [0.3, 0.4) is 0 Å². The number of amides is 2. The van der Waals surface area contributed by atoms with Crippen molar-refractivity contribution >= 4 is 17.5 Å². The number of para-hydroxylation sites is 1. The molecule has 1 fully saturated rings. The minimum Gasteiger partial charge on any atom is -0.384 e. The Kier molecular flexibility index (Phi) is 7.06. The number of carbonyl (C=O) groups is 2. The van der Waals surface area contributed by atoms with Crippen molar-refractivity contribution in [2.24, 2.45) is 0 Å². The molecule has 1 aromatic carbocycles. The summed E-state index contributed by atoms with van der Waals surface area (Å²) in [5, 5.41) is 3.53. The fraction of sp³-hybridized carbons (Fsp3) is 0.619. The van der Waals surface area contributed by atoms with Gasteiger partial charge >= 0.3 is 0 Å². The molecule has 0 aromatic heterocycles. The van der Waals surface area contributed by atoms with E-state index in [1.807, 2.05) is 4.90 Å². The Labute approximate surface area is 157 Å². The highest BCUT2D eigenvalue weighted by molar-refractivity contribution is 5.78. The van der Waals surface area contributed by atoms with Crippen LogP contribution in [-0.4, -0.2) is 54.3 Å². The lowest BCUT2D eigenvalue weighted by Gasteiger charge is -2.34. The molecule has 1 saturated heterocycles. The lowest BCUT2D eigenvalue weighted by atomic mass is 9.92. The molecular weight excluding hydrogens is 326 g/mol. The monoisotopic (exact) mass is 359 g/mol. The van der Waals surface area contributed by atoms with Crippen molar-refractivity contribution in [2.75, 3.05) is 38.0 Å². The SMILES string of the molecule is CC(=O)N1CCN(C(=O)CCNc2c(C(C)C)cccc2C(C)C)CC1. The van der Waals surface area contributed by atoms with Gasteiger partial charge in [0.25, 0.3) is 0 Å². The highest BCUT2D eigenvalue weighted by atomic mass is 16.2. The van der Waals surface area contributed by atoms with Gasteiger partial charge in [-0.2, -0.15) is 0 Å². The largest absolute Gasteiger partial charge is 0.384 e. The molecule has 0 unspecified atom stereocenters. The number of anilines is 1. The summed E-state index contributed by atoms with van der Waals surface area (Å²) in [6, 6.07) is 6.46. The minimum absolute atomic E-state index is 0.0882. The lowest BCUT2D eigenvalue weighted by Crippen LogP contribution is -2.50. The van der Waals surface area contributed by atoms with Gasteiger partial charge in [0.15, 0.2) is 0 Å². The third kappa shape index (κ3) is 4.99. The number of hydrogen-bond donors (Lipinski definition) is 1. The van der Waals surface area contributed by atoms with Crippen molar-refractivity contribution in [1.29, 1.82) is 0 Å². The van der Waals surface area contributed by atoms with E-state index in [2.05, 4.69) is 51.2 Å². The molecule has 0 aliphatic carbocycles. The Morgan fingerprint density at radius 1 is 0.962 bits per heavy atom. The van der Waals surface area contributed by atoms with E-state index in [0.717, 1.165) is 0 Å². The van der Waals surface area contributed by atoms with Gasteiger partial charge in [0, 0.05) is 51.8 Å². The fourth-order valence-corrected chi connectivity index (χ4v) is 3.48. The number of benzene rings is 1. The van der Waals surface area contributed by atoms with Gasteiger partial charge in [0.2, 0.25) is 11.8 Å². The number of carbonyl (C=O) groups excluding carboxylic acids is 2. The van der Waals surface area contributed by atoms with Gasteiger partial charge in [-0.3, -0.25) is 9.59 Å². The zero-order valence-electron chi connectivity index (χ0n) is 16.8. The molecule has 26 heavy (non-hydrogen) atoms. The molecule has 0 radical (unpaired) electrons. The second-order valence-electron chi connectivity index (χ2n) is 7.68. The Morgan fingerprint density at radius 3 is 1.92 bits per heavy atom. The first-order valence-corrected chi connectivity index (χ1v) is 9.71. The van der Waals surface area contributed by atoms with Gasteiger partial charge in [-0.15, -0.1) is 0 Å². The van der Waals surface area contributed by atoms with E-state index in [9.17, 15) is 9.59 Å². The number of nitrogens with zero attached hydrogens (tertiary/aromatic N) is 2. The van der Waals surface area contributed by atoms with Gasteiger partial charge in [-0.1, -0.05) is 45.9 Å². The van der Waals surface area contributed by atoms with Crippen LogP contribution in [0, 0.1) is 0 Å². The Hall–Kier alpha value is -2.04. The van der Waals surface area contributed by atoms with Crippen LogP contribution in [-0.2, 0) is 9.59 Å². The van der Waals surface area contributed by atoms with Gasteiger partial charge in [0.1, 0.15) is 0 Å². The average Bonchev–Trinajstić information content (AvgIpc) is 2.61. The van der Waals surface area contributed by atoms with Crippen molar-refractivity contribution in [2.45, 2.75) is 52.9 Å². The van der Waals surface area contributed by atoms with E-state index in [1.54, 1.807) is 11.8 Å². The predicted molar refractivity (Wildman–Crippen MR) is 107 cm³/mol. The molecule has 1 N–H and O–H groups in total. The first-order chi connectivity index (χ1) is 12.3. The molecule has 0 atom stereocenters. The topological polar surface area (TPSA) is 52.7 Å². The molecular formula is C21H33N3O2. The maximum atomic E-state index is 12.5. The summed E-state index contributed by atoms with van der Waals surface area (Å²) in [6.45, 7) is 13.6. The van der Waals surface area contributed by atoms with Crippen LogP contribution in [0.25, 0.3) is 0 Å². The van der Waals surface area contributed by atoms with Crippen LogP contribution in [0.15, 0.2) is 18.2 Å². The Morgan fingerprint density at radius 2 is 1.46 bits per heavy atom. The predicted octanol–water partition coefficient (Wildman–Crippen LogP) is 3.43. The minimum atomic E-state index is 0.0882. The van der Waals surface area contributed by atoms with E-state index in [4.69, 9.17) is 0 Å². The first-order valence-electron chi connectivity index (χ1n) is 9.71. The van der Waals surface area contributed by atoms with Gasteiger partial charge in [0.05, 0.1) is 0 Å². The summed E-state index contributed by atoms with van der Waals surface area (Å²) in [5.41, 5.74) is 3.80. The van der Waals surface area contributed by atoms with Crippen molar-refractivity contribution in [1.82, 2.24) is 9.80 Å². The van der Waals surface area contributed by atoms with Crippen LogP contribution >= 0.6 is 0 Å². The fourth-order valence-electron chi connectivity index (χ4n) is 3.48. The molecule has 0 bridgehead atoms. The van der Waals surface area contributed by atoms with Gasteiger partial charge < -0.3 is 15.1 Å². The van der Waals surface area contributed by atoms with Crippen molar-refractivity contribution < 1.29 is 9.59 Å². The highest BCUT2D eigenvalue weighted by Gasteiger charge is 2.22. The van der Waals surface area contributed by atoms with E-state index in [-0.39, 0.29) is 11.8 Å². The molecule has 2 amide bonds. The average molecular weight is 360 g/mol. The zero-order valence-corrected chi connectivity index (χ0v) is 16.8.